The lowest BCUT2D eigenvalue weighted by Gasteiger charge is -2.34. The number of aromatic nitrogens is 3. The maximum absolute atomic E-state index is 5.88. The molecule has 1 saturated heterocycles. The maximum atomic E-state index is 5.88. The summed E-state index contributed by atoms with van der Waals surface area (Å²) in [6.07, 6.45) is 8.89. The Morgan fingerprint density at radius 3 is 3.05 bits per heavy atom. The molecule has 0 bridgehead atoms. The Kier molecular flexibility index (Phi) is 4.91. The van der Waals surface area contributed by atoms with Gasteiger partial charge < -0.3 is 9.30 Å². The van der Waals surface area contributed by atoms with E-state index < -0.39 is 0 Å². The number of morpholine rings is 1. The van der Waals surface area contributed by atoms with Gasteiger partial charge in [-0.3, -0.25) is 4.90 Å². The van der Waals surface area contributed by atoms with E-state index in [4.69, 9.17) is 4.74 Å². The van der Waals surface area contributed by atoms with Gasteiger partial charge in [0.05, 0.1) is 6.61 Å². The van der Waals surface area contributed by atoms with Crippen molar-refractivity contribution in [1.82, 2.24) is 19.7 Å². The Labute approximate surface area is 127 Å². The summed E-state index contributed by atoms with van der Waals surface area (Å²) in [5.74, 6) is 2.82. The summed E-state index contributed by atoms with van der Waals surface area (Å²) >= 11 is 0. The van der Waals surface area contributed by atoms with Gasteiger partial charge in [-0.2, -0.15) is 0 Å². The van der Waals surface area contributed by atoms with Gasteiger partial charge in [-0.05, 0) is 31.2 Å². The van der Waals surface area contributed by atoms with Gasteiger partial charge >= 0.3 is 0 Å². The maximum Gasteiger partial charge on any atom is 0.163 e. The van der Waals surface area contributed by atoms with Gasteiger partial charge in [-0.25, -0.2) is 0 Å². The highest BCUT2D eigenvalue weighted by molar-refractivity contribution is 4.94. The third kappa shape index (κ3) is 3.83. The lowest BCUT2D eigenvalue weighted by molar-refractivity contribution is -0.0375. The van der Waals surface area contributed by atoms with E-state index >= 15 is 0 Å². The highest BCUT2D eigenvalue weighted by Crippen LogP contribution is 2.31. The number of ether oxygens (including phenoxy) is 1. The molecule has 1 aromatic rings. The second-order valence-corrected chi connectivity index (χ2v) is 6.89. The van der Waals surface area contributed by atoms with E-state index in [2.05, 4.69) is 22.0 Å². The predicted octanol–water partition coefficient (Wildman–Crippen LogP) is 2.40. The van der Waals surface area contributed by atoms with Crippen LogP contribution in [0.1, 0.15) is 51.0 Å². The molecule has 0 aromatic carbocycles. The number of hydrogen-bond donors (Lipinski definition) is 0. The van der Waals surface area contributed by atoms with Crippen molar-refractivity contribution in [1.29, 1.82) is 0 Å². The van der Waals surface area contributed by atoms with Crippen LogP contribution in [0.4, 0.5) is 0 Å². The minimum Gasteiger partial charge on any atom is -0.368 e. The third-order valence-corrected chi connectivity index (χ3v) is 5.08. The molecule has 1 aromatic heterocycles. The summed E-state index contributed by atoms with van der Waals surface area (Å²) in [6.45, 7) is 6.42. The van der Waals surface area contributed by atoms with Gasteiger partial charge in [-0.1, -0.05) is 26.2 Å². The van der Waals surface area contributed by atoms with Gasteiger partial charge in [0.25, 0.3) is 0 Å². The second kappa shape index (κ2) is 6.88. The number of hydrogen-bond acceptors (Lipinski definition) is 4. The van der Waals surface area contributed by atoms with Crippen LogP contribution in [-0.2, 0) is 11.8 Å². The quantitative estimate of drug-likeness (QED) is 0.855. The first-order chi connectivity index (χ1) is 10.2. The van der Waals surface area contributed by atoms with Crippen LogP contribution >= 0.6 is 0 Å². The molecule has 5 heteroatoms. The van der Waals surface area contributed by atoms with Crippen LogP contribution in [0.2, 0.25) is 0 Å². The van der Waals surface area contributed by atoms with Crippen LogP contribution < -0.4 is 0 Å². The average molecular weight is 292 g/mol. The number of nitrogens with zero attached hydrogens (tertiary/aromatic N) is 4. The van der Waals surface area contributed by atoms with Crippen LogP contribution in [0, 0.1) is 11.8 Å². The summed E-state index contributed by atoms with van der Waals surface area (Å²) in [6, 6.07) is 0. The molecule has 0 radical (unpaired) electrons. The number of rotatable bonds is 4. The summed E-state index contributed by atoms with van der Waals surface area (Å²) in [7, 11) is 1.99. The highest BCUT2D eigenvalue weighted by Gasteiger charge is 2.26. The molecule has 2 aliphatic rings. The summed E-state index contributed by atoms with van der Waals surface area (Å²) in [5, 5.41) is 8.16. The van der Waals surface area contributed by atoms with Gasteiger partial charge in [-0.15, -0.1) is 10.2 Å². The van der Waals surface area contributed by atoms with E-state index in [1.807, 2.05) is 11.6 Å². The molecule has 1 aliphatic heterocycles. The fourth-order valence-electron chi connectivity index (χ4n) is 3.83. The van der Waals surface area contributed by atoms with E-state index in [0.717, 1.165) is 37.4 Å². The van der Waals surface area contributed by atoms with Crippen molar-refractivity contribution < 1.29 is 4.74 Å². The SMILES string of the molecule is C[C@@H]1CCC[C@H](CCN2CCO[C@@H](c3nncn3C)C2)C1. The molecule has 0 unspecified atom stereocenters. The van der Waals surface area contributed by atoms with E-state index in [1.54, 1.807) is 6.33 Å². The molecule has 3 rings (SSSR count). The number of aryl methyl sites for hydroxylation is 1. The topological polar surface area (TPSA) is 43.2 Å². The molecule has 1 aliphatic carbocycles. The summed E-state index contributed by atoms with van der Waals surface area (Å²) in [4.78, 5) is 2.54. The Morgan fingerprint density at radius 1 is 1.38 bits per heavy atom. The van der Waals surface area contributed by atoms with Gasteiger partial charge in [0, 0.05) is 20.1 Å². The van der Waals surface area contributed by atoms with E-state index in [1.165, 1.54) is 38.6 Å². The van der Waals surface area contributed by atoms with Gasteiger partial charge in [0.15, 0.2) is 5.82 Å². The van der Waals surface area contributed by atoms with Gasteiger partial charge in [0.2, 0.25) is 0 Å². The molecule has 3 atom stereocenters. The van der Waals surface area contributed by atoms with Crippen molar-refractivity contribution in [2.24, 2.45) is 18.9 Å². The first kappa shape index (κ1) is 15.0. The van der Waals surface area contributed by atoms with Crippen LogP contribution in [0.25, 0.3) is 0 Å². The monoisotopic (exact) mass is 292 g/mol. The minimum absolute atomic E-state index is 0.0801. The zero-order chi connectivity index (χ0) is 14.7. The zero-order valence-corrected chi connectivity index (χ0v) is 13.4. The molecule has 1 saturated carbocycles. The Balaban J connectivity index is 1.49. The molecular weight excluding hydrogens is 264 g/mol. The van der Waals surface area contributed by atoms with Gasteiger partial charge in [0.1, 0.15) is 12.4 Å². The minimum atomic E-state index is 0.0801. The second-order valence-electron chi connectivity index (χ2n) is 6.89. The third-order valence-electron chi connectivity index (χ3n) is 5.08. The molecule has 2 fully saturated rings. The molecule has 0 amide bonds. The van der Waals surface area contributed by atoms with E-state index in [0.29, 0.717) is 0 Å². The molecular formula is C16H28N4O. The molecule has 0 N–H and O–H groups in total. The van der Waals surface area contributed by atoms with Crippen molar-refractivity contribution in [2.45, 2.75) is 45.1 Å². The fraction of sp³-hybridized carbons (Fsp3) is 0.875. The van der Waals surface area contributed by atoms with Crippen molar-refractivity contribution in [2.75, 3.05) is 26.2 Å². The predicted molar refractivity (Wildman–Crippen MR) is 81.9 cm³/mol. The Bertz CT molecular complexity index is 447. The molecule has 118 valence electrons. The lowest BCUT2D eigenvalue weighted by atomic mass is 9.81. The first-order valence-corrected chi connectivity index (χ1v) is 8.40. The van der Waals surface area contributed by atoms with Crippen molar-refractivity contribution in [3.05, 3.63) is 12.2 Å². The average Bonchev–Trinajstić information content (AvgIpc) is 2.92. The fourth-order valence-corrected chi connectivity index (χ4v) is 3.83. The van der Waals surface area contributed by atoms with Crippen molar-refractivity contribution >= 4 is 0 Å². The Hall–Kier alpha value is -0.940. The summed E-state index contributed by atoms with van der Waals surface area (Å²) in [5.41, 5.74) is 0. The normalized spacial score (nSPS) is 31.4. The smallest absolute Gasteiger partial charge is 0.163 e. The molecule has 5 nitrogen and oxygen atoms in total. The molecule has 2 heterocycles. The van der Waals surface area contributed by atoms with Crippen LogP contribution in [0.5, 0.6) is 0 Å². The standard InChI is InChI=1S/C16H28N4O/c1-13-4-3-5-14(10-13)6-7-20-8-9-21-15(11-20)16-18-17-12-19(16)2/h12-15H,3-11H2,1-2H3/t13-,14-,15-/m1/s1. The largest absolute Gasteiger partial charge is 0.368 e. The highest BCUT2D eigenvalue weighted by atomic mass is 16.5. The van der Waals surface area contributed by atoms with Crippen LogP contribution in [-0.4, -0.2) is 45.9 Å². The summed E-state index contributed by atoms with van der Waals surface area (Å²) < 4.78 is 7.85. The molecule has 21 heavy (non-hydrogen) atoms. The van der Waals surface area contributed by atoms with Crippen molar-refractivity contribution in [3.8, 4) is 0 Å². The molecule has 0 spiro atoms. The Morgan fingerprint density at radius 2 is 2.29 bits per heavy atom. The van der Waals surface area contributed by atoms with Crippen LogP contribution in [0.15, 0.2) is 6.33 Å². The first-order valence-electron chi connectivity index (χ1n) is 8.40. The van der Waals surface area contributed by atoms with Crippen molar-refractivity contribution in [3.63, 3.8) is 0 Å². The van der Waals surface area contributed by atoms with E-state index in [9.17, 15) is 0 Å². The van der Waals surface area contributed by atoms with E-state index in [-0.39, 0.29) is 6.10 Å². The van der Waals surface area contributed by atoms with Crippen LogP contribution in [0.3, 0.4) is 0 Å². The lowest BCUT2D eigenvalue weighted by Crippen LogP contribution is -2.40. The zero-order valence-electron chi connectivity index (χ0n) is 13.4.